The molecular formula is C13H26N2. The van der Waals surface area contributed by atoms with E-state index >= 15 is 0 Å². The Morgan fingerprint density at radius 3 is 2.33 bits per heavy atom. The van der Waals surface area contributed by atoms with Crippen LogP contribution < -0.4 is 5.73 Å². The van der Waals surface area contributed by atoms with Crippen LogP contribution in [-0.2, 0) is 0 Å². The summed E-state index contributed by atoms with van der Waals surface area (Å²) < 4.78 is 0. The van der Waals surface area contributed by atoms with Gasteiger partial charge in [-0.1, -0.05) is 25.5 Å². The van der Waals surface area contributed by atoms with E-state index in [0.29, 0.717) is 0 Å². The molecule has 0 aliphatic carbocycles. The highest BCUT2D eigenvalue weighted by Crippen LogP contribution is 2.30. The molecule has 2 heteroatoms. The molecule has 0 bridgehead atoms. The van der Waals surface area contributed by atoms with Crippen LogP contribution in [0.25, 0.3) is 0 Å². The summed E-state index contributed by atoms with van der Waals surface area (Å²) >= 11 is 0. The highest BCUT2D eigenvalue weighted by atomic mass is 15.1. The van der Waals surface area contributed by atoms with E-state index in [0.717, 1.165) is 13.1 Å². The molecule has 0 atom stereocenters. The highest BCUT2D eigenvalue weighted by Gasteiger charge is 2.34. The van der Waals surface area contributed by atoms with Crippen LogP contribution in [0, 0.1) is 5.41 Å². The van der Waals surface area contributed by atoms with Gasteiger partial charge in [-0.25, -0.2) is 0 Å². The highest BCUT2D eigenvalue weighted by molar-refractivity contribution is 5.05. The minimum atomic E-state index is -0.122. The number of hydrogen-bond acceptors (Lipinski definition) is 2. The van der Waals surface area contributed by atoms with E-state index in [1.165, 1.54) is 18.5 Å². The Balaban J connectivity index is 2.56. The van der Waals surface area contributed by atoms with Crippen LogP contribution in [0.4, 0.5) is 0 Å². The Morgan fingerprint density at radius 1 is 1.33 bits per heavy atom. The topological polar surface area (TPSA) is 29.3 Å². The number of hydrogen-bond donors (Lipinski definition) is 1. The van der Waals surface area contributed by atoms with Crippen molar-refractivity contribution in [3.63, 3.8) is 0 Å². The molecule has 0 aromatic heterocycles. The lowest BCUT2D eigenvalue weighted by Gasteiger charge is -2.42. The van der Waals surface area contributed by atoms with Crippen LogP contribution in [0.15, 0.2) is 11.6 Å². The number of nitrogens with zero attached hydrogens (tertiary/aromatic N) is 1. The van der Waals surface area contributed by atoms with Crippen molar-refractivity contribution >= 4 is 0 Å². The zero-order valence-electron chi connectivity index (χ0n) is 10.9. The van der Waals surface area contributed by atoms with Crippen LogP contribution in [0.2, 0.25) is 0 Å². The van der Waals surface area contributed by atoms with Gasteiger partial charge in [0, 0.05) is 25.2 Å². The van der Waals surface area contributed by atoms with Crippen LogP contribution in [0.3, 0.4) is 0 Å². The first-order valence-electron chi connectivity index (χ1n) is 5.89. The van der Waals surface area contributed by atoms with Gasteiger partial charge in [0.1, 0.15) is 0 Å². The lowest BCUT2D eigenvalue weighted by atomic mass is 9.74. The molecule has 0 fully saturated rings. The summed E-state index contributed by atoms with van der Waals surface area (Å²) in [5.74, 6) is 0. The average molecular weight is 210 g/mol. The monoisotopic (exact) mass is 210 g/mol. The molecule has 0 aromatic rings. The summed E-state index contributed by atoms with van der Waals surface area (Å²) in [6.07, 6.45) is 3.55. The predicted molar refractivity (Wildman–Crippen MR) is 66.9 cm³/mol. The van der Waals surface area contributed by atoms with Gasteiger partial charge >= 0.3 is 0 Å². The van der Waals surface area contributed by atoms with E-state index in [1.807, 2.05) is 0 Å². The summed E-state index contributed by atoms with van der Waals surface area (Å²) in [4.78, 5) is 2.50. The van der Waals surface area contributed by atoms with Crippen LogP contribution in [0.1, 0.15) is 41.0 Å². The van der Waals surface area contributed by atoms with Gasteiger partial charge in [-0.15, -0.1) is 0 Å². The number of rotatable bonds is 3. The van der Waals surface area contributed by atoms with Gasteiger partial charge in [-0.2, -0.15) is 0 Å². The molecule has 0 saturated heterocycles. The van der Waals surface area contributed by atoms with Crippen LogP contribution >= 0.6 is 0 Å². The third kappa shape index (κ3) is 3.32. The molecule has 0 unspecified atom stereocenters. The fourth-order valence-corrected chi connectivity index (χ4v) is 1.72. The van der Waals surface area contributed by atoms with Crippen molar-refractivity contribution in [3.8, 4) is 0 Å². The lowest BCUT2D eigenvalue weighted by Crippen LogP contribution is -2.53. The van der Waals surface area contributed by atoms with E-state index < -0.39 is 0 Å². The van der Waals surface area contributed by atoms with Gasteiger partial charge in [-0.3, -0.25) is 4.90 Å². The van der Waals surface area contributed by atoms with Gasteiger partial charge in [0.2, 0.25) is 0 Å². The van der Waals surface area contributed by atoms with Crippen molar-refractivity contribution in [2.45, 2.75) is 46.6 Å². The molecule has 0 amide bonds. The molecule has 0 spiro atoms. The molecule has 1 rings (SSSR count). The Labute approximate surface area is 94.5 Å². The summed E-state index contributed by atoms with van der Waals surface area (Å²) in [7, 11) is 0. The minimum Gasteiger partial charge on any atom is -0.325 e. The van der Waals surface area contributed by atoms with E-state index in [2.05, 4.69) is 45.6 Å². The zero-order chi connectivity index (χ0) is 11.7. The normalized spacial score (nSPS) is 20.3. The molecule has 2 nitrogen and oxygen atoms in total. The van der Waals surface area contributed by atoms with E-state index in [-0.39, 0.29) is 11.0 Å². The van der Waals surface area contributed by atoms with E-state index in [4.69, 9.17) is 5.73 Å². The first-order chi connectivity index (χ1) is 6.72. The first-order valence-corrected chi connectivity index (χ1v) is 5.89. The van der Waals surface area contributed by atoms with Gasteiger partial charge in [0.25, 0.3) is 0 Å². The van der Waals surface area contributed by atoms with Crippen molar-refractivity contribution in [2.24, 2.45) is 11.1 Å². The fourth-order valence-electron chi connectivity index (χ4n) is 1.72. The first kappa shape index (κ1) is 12.7. The molecule has 0 radical (unpaired) electrons. The maximum atomic E-state index is 6.22. The molecule has 15 heavy (non-hydrogen) atoms. The molecule has 0 saturated carbocycles. The SMILES string of the molecule is CC1=CCN(CC(C)(C)C(C)(C)N)CC1. The smallest absolute Gasteiger partial charge is 0.0166 e. The quantitative estimate of drug-likeness (QED) is 0.725. The predicted octanol–water partition coefficient (Wildman–Crippen LogP) is 2.40. The third-order valence-corrected chi connectivity index (χ3v) is 3.88. The Hall–Kier alpha value is -0.340. The Kier molecular flexibility index (Phi) is 3.62. The summed E-state index contributed by atoms with van der Waals surface area (Å²) in [5.41, 5.74) is 7.78. The second-order valence-electron chi connectivity index (χ2n) is 6.14. The zero-order valence-corrected chi connectivity index (χ0v) is 10.9. The molecule has 1 aliphatic heterocycles. The van der Waals surface area contributed by atoms with Crippen molar-refractivity contribution in [3.05, 3.63) is 11.6 Å². The van der Waals surface area contributed by atoms with Crippen molar-refractivity contribution in [1.29, 1.82) is 0 Å². The largest absolute Gasteiger partial charge is 0.325 e. The fraction of sp³-hybridized carbons (Fsp3) is 0.846. The van der Waals surface area contributed by atoms with Gasteiger partial charge in [0.15, 0.2) is 0 Å². The van der Waals surface area contributed by atoms with Gasteiger partial charge in [-0.05, 0) is 32.6 Å². The van der Waals surface area contributed by atoms with E-state index in [9.17, 15) is 0 Å². The molecule has 88 valence electrons. The summed E-state index contributed by atoms with van der Waals surface area (Å²) in [6, 6.07) is 0. The molecule has 2 N–H and O–H groups in total. The second-order valence-corrected chi connectivity index (χ2v) is 6.14. The average Bonchev–Trinajstić information content (AvgIpc) is 2.06. The van der Waals surface area contributed by atoms with Gasteiger partial charge in [0.05, 0.1) is 0 Å². The Morgan fingerprint density at radius 2 is 1.93 bits per heavy atom. The van der Waals surface area contributed by atoms with Crippen molar-refractivity contribution < 1.29 is 0 Å². The third-order valence-electron chi connectivity index (χ3n) is 3.88. The maximum Gasteiger partial charge on any atom is 0.0166 e. The van der Waals surface area contributed by atoms with Crippen LogP contribution in [0.5, 0.6) is 0 Å². The molecular weight excluding hydrogens is 184 g/mol. The maximum absolute atomic E-state index is 6.22. The van der Waals surface area contributed by atoms with Gasteiger partial charge < -0.3 is 5.73 Å². The summed E-state index contributed by atoms with van der Waals surface area (Å²) in [6.45, 7) is 14.3. The molecule has 1 heterocycles. The van der Waals surface area contributed by atoms with Crippen molar-refractivity contribution in [1.82, 2.24) is 4.90 Å². The number of nitrogens with two attached hydrogens (primary N) is 1. The molecule has 0 aromatic carbocycles. The standard InChI is InChI=1S/C13H26N2/c1-11-6-8-15(9-7-11)10-12(2,3)13(4,5)14/h6H,7-10,14H2,1-5H3. The molecule has 1 aliphatic rings. The Bertz CT molecular complexity index is 246. The van der Waals surface area contributed by atoms with Crippen LogP contribution in [-0.4, -0.2) is 30.1 Å². The lowest BCUT2D eigenvalue weighted by molar-refractivity contribution is 0.119. The minimum absolute atomic E-state index is 0.122. The van der Waals surface area contributed by atoms with E-state index in [1.54, 1.807) is 0 Å². The second kappa shape index (κ2) is 4.26. The van der Waals surface area contributed by atoms with Crippen molar-refractivity contribution in [2.75, 3.05) is 19.6 Å². The summed E-state index contributed by atoms with van der Waals surface area (Å²) in [5, 5.41) is 0.